The lowest BCUT2D eigenvalue weighted by Gasteiger charge is -2.13. The summed E-state index contributed by atoms with van der Waals surface area (Å²) in [5, 5.41) is 21.4. The van der Waals surface area contributed by atoms with Crippen molar-refractivity contribution in [1.82, 2.24) is 9.97 Å². The van der Waals surface area contributed by atoms with Crippen molar-refractivity contribution in [2.75, 3.05) is 32.2 Å². The van der Waals surface area contributed by atoms with Crippen LogP contribution in [0.3, 0.4) is 0 Å². The summed E-state index contributed by atoms with van der Waals surface area (Å²) in [4.78, 5) is 32.2. The fourth-order valence-electron chi connectivity index (χ4n) is 2.01. The predicted molar refractivity (Wildman–Crippen MR) is 86.4 cm³/mol. The number of hydrogen-bond acceptors (Lipinski definition) is 9. The molecule has 0 amide bonds. The molecule has 0 bridgehead atoms. The lowest BCUT2D eigenvalue weighted by atomic mass is 10.2. The van der Waals surface area contributed by atoms with Crippen LogP contribution in [0.25, 0.3) is 10.2 Å². The number of aliphatic hydroxyl groups is 1. The van der Waals surface area contributed by atoms with Gasteiger partial charge in [-0.15, -0.1) is 11.3 Å². The molecule has 9 nitrogen and oxygen atoms in total. The third kappa shape index (κ3) is 3.78. The van der Waals surface area contributed by atoms with Crippen molar-refractivity contribution in [2.24, 2.45) is 0 Å². The number of fused-ring (bicyclic) bond motifs is 1. The van der Waals surface area contributed by atoms with Gasteiger partial charge in [0.15, 0.2) is 0 Å². The Kier molecular flexibility index (Phi) is 6.01. The zero-order valence-electron chi connectivity index (χ0n) is 13.1. The van der Waals surface area contributed by atoms with E-state index in [1.807, 2.05) is 0 Å². The number of carbonyl (C=O) groups excluding carboxylic acids is 1. The maximum atomic E-state index is 12.1. The standard InChI is InChI=1S/C14H17N3O6S/c1-7-9-11(17-8(5-18)13(19)20)15-6-16-12(9)24-10(7)14(21)23-4-3-22-2/h6,8,18H,3-5H2,1-2H3,(H,19,20)(H,15,16,17). The summed E-state index contributed by atoms with van der Waals surface area (Å²) in [5.41, 5.74) is 0.586. The van der Waals surface area contributed by atoms with Gasteiger partial charge in [0.25, 0.3) is 0 Å². The van der Waals surface area contributed by atoms with E-state index in [1.165, 1.54) is 13.4 Å². The Labute approximate surface area is 141 Å². The normalized spacial score (nSPS) is 12.1. The van der Waals surface area contributed by atoms with Gasteiger partial charge in [0.2, 0.25) is 0 Å². The number of anilines is 1. The first-order chi connectivity index (χ1) is 11.5. The number of aromatic nitrogens is 2. The molecule has 10 heteroatoms. The van der Waals surface area contributed by atoms with Gasteiger partial charge in [-0.05, 0) is 12.5 Å². The second kappa shape index (κ2) is 7.99. The van der Waals surface area contributed by atoms with Crippen LogP contribution < -0.4 is 5.32 Å². The molecular weight excluding hydrogens is 338 g/mol. The van der Waals surface area contributed by atoms with E-state index >= 15 is 0 Å². The molecule has 0 saturated heterocycles. The van der Waals surface area contributed by atoms with Crippen LogP contribution in [-0.2, 0) is 14.3 Å². The lowest BCUT2D eigenvalue weighted by molar-refractivity contribution is -0.138. The van der Waals surface area contributed by atoms with Gasteiger partial charge in [-0.25, -0.2) is 19.6 Å². The topological polar surface area (TPSA) is 131 Å². The van der Waals surface area contributed by atoms with Crippen LogP contribution >= 0.6 is 11.3 Å². The largest absolute Gasteiger partial charge is 0.480 e. The molecule has 2 rings (SSSR count). The Morgan fingerprint density at radius 2 is 2.12 bits per heavy atom. The van der Waals surface area contributed by atoms with Crippen molar-refractivity contribution in [3.05, 3.63) is 16.8 Å². The predicted octanol–water partition coefficient (Wildman–Crippen LogP) is 0.660. The van der Waals surface area contributed by atoms with Gasteiger partial charge < -0.3 is 25.0 Å². The average Bonchev–Trinajstić information content (AvgIpc) is 2.90. The lowest BCUT2D eigenvalue weighted by Crippen LogP contribution is -2.33. The molecule has 0 aromatic carbocycles. The Morgan fingerprint density at radius 3 is 2.75 bits per heavy atom. The number of aliphatic carboxylic acids is 1. The second-order valence-corrected chi connectivity index (χ2v) is 5.80. The minimum atomic E-state index is -1.21. The number of carboxylic acid groups (broad SMARTS) is 1. The number of carboxylic acids is 1. The van der Waals surface area contributed by atoms with Crippen LogP contribution in [0.1, 0.15) is 15.2 Å². The molecule has 0 fully saturated rings. The second-order valence-electron chi connectivity index (χ2n) is 4.81. The summed E-state index contributed by atoms with van der Waals surface area (Å²) in [5.74, 6) is -1.47. The number of rotatable bonds is 8. The van der Waals surface area contributed by atoms with E-state index in [9.17, 15) is 9.59 Å². The fourth-order valence-corrected chi connectivity index (χ4v) is 3.05. The number of aliphatic hydroxyl groups excluding tert-OH is 1. The molecule has 2 heterocycles. The van der Waals surface area contributed by atoms with Gasteiger partial charge >= 0.3 is 11.9 Å². The van der Waals surface area contributed by atoms with E-state index < -0.39 is 24.6 Å². The molecule has 0 spiro atoms. The summed E-state index contributed by atoms with van der Waals surface area (Å²) in [6.45, 7) is 1.52. The minimum Gasteiger partial charge on any atom is -0.480 e. The zero-order chi connectivity index (χ0) is 17.7. The SMILES string of the molecule is COCCOC(=O)c1sc2ncnc(NC(CO)C(=O)O)c2c1C. The third-order valence-electron chi connectivity index (χ3n) is 3.22. The first-order valence-corrected chi connectivity index (χ1v) is 7.81. The summed E-state index contributed by atoms with van der Waals surface area (Å²) in [6.07, 6.45) is 1.26. The summed E-state index contributed by atoms with van der Waals surface area (Å²) in [6, 6.07) is -1.21. The highest BCUT2D eigenvalue weighted by Crippen LogP contribution is 2.33. The highest BCUT2D eigenvalue weighted by Gasteiger charge is 2.23. The van der Waals surface area contributed by atoms with Crippen LogP contribution in [0.2, 0.25) is 0 Å². The Bertz CT molecular complexity index is 747. The highest BCUT2D eigenvalue weighted by atomic mass is 32.1. The van der Waals surface area contributed by atoms with E-state index in [0.717, 1.165) is 11.3 Å². The molecule has 130 valence electrons. The van der Waals surface area contributed by atoms with E-state index in [1.54, 1.807) is 6.92 Å². The van der Waals surface area contributed by atoms with Crippen LogP contribution in [0, 0.1) is 6.92 Å². The van der Waals surface area contributed by atoms with E-state index in [0.29, 0.717) is 27.3 Å². The number of nitrogens with zero attached hydrogens (tertiary/aromatic N) is 2. The van der Waals surface area contributed by atoms with Crippen molar-refractivity contribution in [1.29, 1.82) is 0 Å². The van der Waals surface area contributed by atoms with Crippen molar-refractivity contribution in [2.45, 2.75) is 13.0 Å². The number of methoxy groups -OCH3 is 1. The van der Waals surface area contributed by atoms with Crippen LogP contribution in [0.5, 0.6) is 0 Å². The number of nitrogens with one attached hydrogen (secondary N) is 1. The molecule has 0 aliphatic heterocycles. The Hall–Kier alpha value is -2.30. The number of ether oxygens (including phenoxy) is 2. The smallest absolute Gasteiger partial charge is 0.348 e. The minimum absolute atomic E-state index is 0.130. The monoisotopic (exact) mass is 355 g/mol. The summed E-state index contributed by atoms with van der Waals surface area (Å²) in [7, 11) is 1.51. The highest BCUT2D eigenvalue weighted by molar-refractivity contribution is 7.20. The maximum absolute atomic E-state index is 12.1. The van der Waals surface area contributed by atoms with Crippen molar-refractivity contribution < 1.29 is 29.3 Å². The van der Waals surface area contributed by atoms with E-state index in [-0.39, 0.29) is 12.4 Å². The molecule has 0 saturated carbocycles. The van der Waals surface area contributed by atoms with Gasteiger partial charge in [-0.1, -0.05) is 0 Å². The summed E-state index contributed by atoms with van der Waals surface area (Å²) >= 11 is 1.13. The fraction of sp³-hybridized carbons (Fsp3) is 0.429. The van der Waals surface area contributed by atoms with Crippen LogP contribution in [0.15, 0.2) is 6.33 Å². The van der Waals surface area contributed by atoms with Crippen molar-refractivity contribution >= 4 is 39.3 Å². The van der Waals surface area contributed by atoms with E-state index in [2.05, 4.69) is 15.3 Å². The van der Waals surface area contributed by atoms with Gasteiger partial charge in [0.1, 0.15) is 34.5 Å². The van der Waals surface area contributed by atoms with Gasteiger partial charge in [0.05, 0.1) is 18.6 Å². The number of hydrogen-bond donors (Lipinski definition) is 3. The van der Waals surface area contributed by atoms with Crippen molar-refractivity contribution in [3.8, 4) is 0 Å². The quantitative estimate of drug-likeness (QED) is 0.461. The number of aryl methyl sites for hydroxylation is 1. The third-order valence-corrected chi connectivity index (χ3v) is 4.40. The molecule has 0 radical (unpaired) electrons. The first-order valence-electron chi connectivity index (χ1n) is 7.00. The summed E-state index contributed by atoms with van der Waals surface area (Å²) < 4.78 is 9.93. The van der Waals surface area contributed by atoms with Gasteiger partial charge in [0, 0.05) is 7.11 Å². The number of esters is 1. The van der Waals surface area contributed by atoms with E-state index in [4.69, 9.17) is 19.7 Å². The molecule has 24 heavy (non-hydrogen) atoms. The van der Waals surface area contributed by atoms with Crippen LogP contribution in [0.4, 0.5) is 5.82 Å². The molecule has 3 N–H and O–H groups in total. The van der Waals surface area contributed by atoms with Crippen molar-refractivity contribution in [3.63, 3.8) is 0 Å². The molecule has 2 aromatic heterocycles. The first kappa shape index (κ1) is 18.0. The Morgan fingerprint density at radius 1 is 1.38 bits per heavy atom. The maximum Gasteiger partial charge on any atom is 0.348 e. The molecule has 0 aliphatic carbocycles. The molecule has 2 aromatic rings. The Balaban J connectivity index is 2.35. The average molecular weight is 355 g/mol. The van der Waals surface area contributed by atoms with Gasteiger partial charge in [-0.3, -0.25) is 0 Å². The number of thiophene rings is 1. The molecule has 1 atom stereocenters. The molecule has 0 aliphatic rings. The van der Waals surface area contributed by atoms with Crippen LogP contribution in [-0.4, -0.2) is 65.1 Å². The zero-order valence-corrected chi connectivity index (χ0v) is 13.9. The molecule has 1 unspecified atom stereocenters. The number of carbonyl (C=O) groups is 2. The molecular formula is C14H17N3O6S. The van der Waals surface area contributed by atoms with Gasteiger partial charge in [-0.2, -0.15) is 0 Å².